The molecule has 10 heteroatoms. The summed E-state index contributed by atoms with van der Waals surface area (Å²) in [5.74, 6) is 0.808. The fraction of sp³-hybridized carbons (Fsp3) is 0.423. The minimum absolute atomic E-state index is 0.0729. The molecule has 1 unspecified atom stereocenters. The second-order valence-corrected chi connectivity index (χ2v) is 9.35. The van der Waals surface area contributed by atoms with Crippen molar-refractivity contribution in [3.8, 4) is 6.07 Å². The van der Waals surface area contributed by atoms with Crippen molar-refractivity contribution in [1.29, 1.82) is 5.26 Å². The van der Waals surface area contributed by atoms with Gasteiger partial charge in [-0.3, -0.25) is 19.1 Å². The molecule has 3 aromatic rings. The molecule has 3 atom stereocenters. The van der Waals surface area contributed by atoms with Crippen LogP contribution in [0, 0.1) is 17.2 Å². The number of nitrogens with one attached hydrogen (secondary N) is 1. The van der Waals surface area contributed by atoms with Crippen molar-refractivity contribution in [3.05, 3.63) is 48.4 Å². The van der Waals surface area contributed by atoms with Gasteiger partial charge in [0.15, 0.2) is 5.65 Å². The van der Waals surface area contributed by atoms with E-state index in [2.05, 4.69) is 27.1 Å². The lowest BCUT2D eigenvalue weighted by molar-refractivity contribution is -0.114. The summed E-state index contributed by atoms with van der Waals surface area (Å²) < 4.78 is 1.54. The Morgan fingerprint density at radius 2 is 2.03 bits per heavy atom. The second-order valence-electron chi connectivity index (χ2n) is 9.35. The topological polar surface area (TPSA) is 127 Å². The van der Waals surface area contributed by atoms with Gasteiger partial charge < -0.3 is 15.3 Å². The number of likely N-dealkylation sites (N-methyl/N-ethyl adjacent to an activating group) is 1. The van der Waals surface area contributed by atoms with Crippen LogP contribution in [0.25, 0.3) is 11.0 Å². The van der Waals surface area contributed by atoms with Gasteiger partial charge in [0.25, 0.3) is 0 Å². The largest absolute Gasteiger partial charge is 0.377 e. The van der Waals surface area contributed by atoms with Crippen molar-refractivity contribution >= 4 is 34.4 Å². The monoisotopic (exact) mass is 489 g/mol. The van der Waals surface area contributed by atoms with E-state index in [0.717, 1.165) is 29.7 Å². The molecule has 0 bridgehead atoms. The Kier molecular flexibility index (Phi) is 7.62. The number of carbonyl (C=O) groups excluding carboxylic acids is 2. The van der Waals surface area contributed by atoms with Crippen LogP contribution in [-0.4, -0.2) is 68.8 Å². The molecule has 188 valence electrons. The number of aliphatic hydroxyl groups is 1. The Morgan fingerprint density at radius 3 is 2.72 bits per heavy atom. The molecule has 4 rings (SSSR count). The predicted octanol–water partition coefficient (Wildman–Crippen LogP) is 2.65. The number of nitrogens with zero attached hydrogens (tertiary/aromatic N) is 6. The van der Waals surface area contributed by atoms with Gasteiger partial charge in [-0.05, 0) is 36.1 Å². The minimum Gasteiger partial charge on any atom is -0.377 e. The van der Waals surface area contributed by atoms with E-state index in [-0.39, 0.29) is 30.7 Å². The Balaban J connectivity index is 1.54. The summed E-state index contributed by atoms with van der Waals surface area (Å²) in [6, 6.07) is 11.2. The lowest BCUT2D eigenvalue weighted by Crippen LogP contribution is -2.54. The van der Waals surface area contributed by atoms with Crippen molar-refractivity contribution in [2.24, 2.45) is 5.92 Å². The number of piperidine rings is 1. The van der Waals surface area contributed by atoms with Crippen LogP contribution in [0.15, 0.2) is 42.9 Å². The second kappa shape index (κ2) is 10.8. The number of amides is 1. The van der Waals surface area contributed by atoms with Gasteiger partial charge in [-0.1, -0.05) is 19.1 Å². The van der Waals surface area contributed by atoms with E-state index in [1.165, 1.54) is 13.3 Å². The Labute approximate surface area is 210 Å². The zero-order valence-corrected chi connectivity index (χ0v) is 20.8. The number of hydrogen-bond donors (Lipinski definition) is 2. The molecule has 2 aromatic heterocycles. The quantitative estimate of drug-likeness (QED) is 0.519. The molecule has 2 N–H and O–H groups in total. The summed E-state index contributed by atoms with van der Waals surface area (Å²) >= 11 is 0. The Hall–Kier alpha value is -3.81. The molecule has 1 saturated heterocycles. The number of nitriles is 1. The molecule has 3 heterocycles. The average Bonchev–Trinajstić information content (AvgIpc) is 3.29. The lowest BCUT2D eigenvalue weighted by Gasteiger charge is -2.43. The first-order valence-corrected chi connectivity index (χ1v) is 12.0. The third-order valence-corrected chi connectivity index (χ3v) is 6.84. The third kappa shape index (κ3) is 5.37. The van der Waals surface area contributed by atoms with Gasteiger partial charge >= 0.3 is 0 Å². The van der Waals surface area contributed by atoms with Gasteiger partial charge in [0.1, 0.15) is 18.4 Å². The molecule has 1 fully saturated rings. The van der Waals surface area contributed by atoms with E-state index < -0.39 is 6.23 Å². The zero-order chi connectivity index (χ0) is 25.8. The highest BCUT2D eigenvalue weighted by atomic mass is 16.3. The SMILES string of the molecule is CC(=O)Nc1ccc(CC(=O)n2ccc3c(N(C)[C@H]4CN(C(O)CC#N)CC[C@H]4C)ncnc32)cc1. The Morgan fingerprint density at radius 1 is 1.28 bits per heavy atom. The van der Waals surface area contributed by atoms with Crippen LogP contribution in [-0.2, 0) is 11.2 Å². The third-order valence-electron chi connectivity index (χ3n) is 6.84. The van der Waals surface area contributed by atoms with Crippen LogP contribution in [0.3, 0.4) is 0 Å². The van der Waals surface area contributed by atoms with E-state index >= 15 is 0 Å². The summed E-state index contributed by atoms with van der Waals surface area (Å²) in [5, 5.41) is 22.8. The fourth-order valence-electron chi connectivity index (χ4n) is 4.81. The summed E-state index contributed by atoms with van der Waals surface area (Å²) in [5.41, 5.74) is 2.05. The number of aromatic nitrogens is 3. The van der Waals surface area contributed by atoms with Crippen molar-refractivity contribution in [3.63, 3.8) is 0 Å². The van der Waals surface area contributed by atoms with Crippen LogP contribution in [0.2, 0.25) is 0 Å². The van der Waals surface area contributed by atoms with E-state index in [9.17, 15) is 14.7 Å². The number of aliphatic hydroxyl groups excluding tert-OH is 1. The molecular weight excluding hydrogens is 458 g/mol. The van der Waals surface area contributed by atoms with Gasteiger partial charge in [0.2, 0.25) is 11.8 Å². The molecule has 10 nitrogen and oxygen atoms in total. The van der Waals surface area contributed by atoms with Crippen molar-refractivity contribution in [2.75, 3.05) is 30.4 Å². The molecule has 0 spiro atoms. The van der Waals surface area contributed by atoms with E-state index in [0.29, 0.717) is 23.8 Å². The van der Waals surface area contributed by atoms with E-state index in [1.807, 2.05) is 36.2 Å². The first kappa shape index (κ1) is 25.3. The number of hydrogen-bond acceptors (Lipinski definition) is 8. The molecular formula is C26H31N7O3. The van der Waals surface area contributed by atoms with E-state index in [1.54, 1.807) is 22.9 Å². The van der Waals surface area contributed by atoms with Crippen molar-refractivity contribution in [2.45, 2.75) is 45.4 Å². The van der Waals surface area contributed by atoms with Crippen LogP contribution in [0.1, 0.15) is 37.0 Å². The van der Waals surface area contributed by atoms with Gasteiger partial charge in [-0.25, -0.2) is 9.97 Å². The van der Waals surface area contributed by atoms with Gasteiger partial charge in [-0.15, -0.1) is 0 Å². The van der Waals surface area contributed by atoms with Crippen molar-refractivity contribution in [1.82, 2.24) is 19.4 Å². The standard InChI is InChI=1S/C26H31N7O3/c1-17-9-12-32(23(35)8-11-27)15-22(17)31(3)25-21-10-13-33(26(21)29-16-28-25)24(36)14-19-4-6-20(7-5-19)30-18(2)34/h4-7,10,13,16-17,22-23,35H,8-9,12,14-15H2,1-3H3,(H,30,34)/t17-,22+,23?/m1/s1. The molecule has 0 aliphatic carbocycles. The fourth-order valence-corrected chi connectivity index (χ4v) is 4.81. The predicted molar refractivity (Wildman–Crippen MR) is 136 cm³/mol. The number of fused-ring (bicyclic) bond motifs is 1. The zero-order valence-electron chi connectivity index (χ0n) is 20.8. The Bertz CT molecular complexity index is 1280. The minimum atomic E-state index is -0.783. The average molecular weight is 490 g/mol. The molecule has 1 amide bonds. The normalized spacial score (nSPS) is 19.0. The number of anilines is 2. The molecule has 1 aliphatic heterocycles. The maximum absolute atomic E-state index is 13.1. The number of likely N-dealkylation sites (tertiary alicyclic amines) is 1. The smallest absolute Gasteiger partial charge is 0.236 e. The molecule has 0 radical (unpaired) electrons. The summed E-state index contributed by atoms with van der Waals surface area (Å²) in [7, 11) is 1.97. The molecule has 0 saturated carbocycles. The molecule has 1 aliphatic rings. The number of benzene rings is 1. The van der Waals surface area contributed by atoms with E-state index in [4.69, 9.17) is 5.26 Å². The van der Waals surface area contributed by atoms with Crippen molar-refractivity contribution < 1.29 is 14.7 Å². The van der Waals surface area contributed by atoms with Crippen LogP contribution in [0.4, 0.5) is 11.5 Å². The van der Waals surface area contributed by atoms with Crippen LogP contribution >= 0.6 is 0 Å². The number of rotatable bonds is 7. The summed E-state index contributed by atoms with van der Waals surface area (Å²) in [6.07, 6.45) is 3.56. The summed E-state index contributed by atoms with van der Waals surface area (Å²) in [6.45, 7) is 4.98. The lowest BCUT2D eigenvalue weighted by atomic mass is 9.92. The van der Waals surface area contributed by atoms with Gasteiger partial charge in [-0.2, -0.15) is 5.26 Å². The van der Waals surface area contributed by atoms with Crippen LogP contribution in [0.5, 0.6) is 0 Å². The highest BCUT2D eigenvalue weighted by Crippen LogP contribution is 2.30. The first-order valence-electron chi connectivity index (χ1n) is 12.0. The molecule has 1 aromatic carbocycles. The number of carbonyl (C=O) groups is 2. The maximum Gasteiger partial charge on any atom is 0.236 e. The molecule has 36 heavy (non-hydrogen) atoms. The maximum atomic E-state index is 13.1. The van der Waals surface area contributed by atoms with Gasteiger partial charge in [0.05, 0.1) is 24.3 Å². The first-order chi connectivity index (χ1) is 17.3. The highest BCUT2D eigenvalue weighted by molar-refractivity contribution is 5.96. The highest BCUT2D eigenvalue weighted by Gasteiger charge is 2.33. The summed E-state index contributed by atoms with van der Waals surface area (Å²) in [4.78, 5) is 37.3. The van der Waals surface area contributed by atoms with Crippen LogP contribution < -0.4 is 10.2 Å². The van der Waals surface area contributed by atoms with Gasteiger partial charge in [0, 0.05) is 45.0 Å².